The van der Waals surface area contributed by atoms with Gasteiger partial charge in [-0.25, -0.2) is 9.97 Å². The van der Waals surface area contributed by atoms with E-state index >= 15 is 0 Å². The molecule has 19 heavy (non-hydrogen) atoms. The zero-order chi connectivity index (χ0) is 13.2. The average Bonchev–Trinajstić information content (AvgIpc) is 3.06. The van der Waals surface area contributed by atoms with E-state index in [1.807, 2.05) is 35.8 Å². The van der Waals surface area contributed by atoms with Crippen LogP contribution >= 0.6 is 0 Å². The summed E-state index contributed by atoms with van der Waals surface area (Å²) in [5, 5.41) is 2.72. The van der Waals surface area contributed by atoms with Gasteiger partial charge in [-0.3, -0.25) is 10.1 Å². The highest BCUT2D eigenvalue weighted by atomic mass is 16.2. The van der Waals surface area contributed by atoms with Gasteiger partial charge in [0, 0.05) is 12.4 Å². The number of amides is 1. The number of nitrogens with zero attached hydrogens (tertiary/aromatic N) is 3. The van der Waals surface area contributed by atoms with Gasteiger partial charge in [0.05, 0.1) is 17.4 Å². The largest absolute Gasteiger partial charge is 0.331 e. The number of benzene rings is 1. The second kappa shape index (κ2) is 4.56. The molecule has 96 valence electrons. The smallest absolute Gasteiger partial charge is 0.249 e. The van der Waals surface area contributed by atoms with E-state index in [0.717, 1.165) is 11.0 Å². The molecule has 2 aromatic heterocycles. The molecule has 0 bridgehead atoms. The molecule has 0 aliphatic carbocycles. The SMILES string of the molecule is CC(C(=O)Nc1ncc[nH]1)n1cnc2ccccc21. The highest BCUT2D eigenvalue weighted by molar-refractivity contribution is 5.93. The zero-order valence-corrected chi connectivity index (χ0v) is 10.4. The summed E-state index contributed by atoms with van der Waals surface area (Å²) in [6.45, 7) is 1.83. The average molecular weight is 255 g/mol. The lowest BCUT2D eigenvalue weighted by Gasteiger charge is -2.13. The molecule has 1 aromatic carbocycles. The van der Waals surface area contributed by atoms with E-state index in [4.69, 9.17) is 0 Å². The summed E-state index contributed by atoms with van der Waals surface area (Å²) in [6, 6.07) is 7.35. The van der Waals surface area contributed by atoms with Crippen molar-refractivity contribution in [3.8, 4) is 0 Å². The highest BCUT2D eigenvalue weighted by Crippen LogP contribution is 2.18. The van der Waals surface area contributed by atoms with Crippen LogP contribution in [0.2, 0.25) is 0 Å². The van der Waals surface area contributed by atoms with Crippen molar-refractivity contribution in [2.75, 3.05) is 5.32 Å². The van der Waals surface area contributed by atoms with Crippen LogP contribution in [0.5, 0.6) is 0 Å². The van der Waals surface area contributed by atoms with Crippen LogP contribution in [-0.2, 0) is 4.79 Å². The Labute approximate surface area is 109 Å². The predicted octanol–water partition coefficient (Wildman–Crippen LogP) is 1.96. The number of carbonyl (C=O) groups excluding carboxylic acids is 1. The van der Waals surface area contributed by atoms with Gasteiger partial charge in [-0.05, 0) is 19.1 Å². The summed E-state index contributed by atoms with van der Waals surface area (Å²) in [4.78, 5) is 23.2. The van der Waals surface area contributed by atoms with Crippen molar-refractivity contribution in [1.29, 1.82) is 0 Å². The van der Waals surface area contributed by atoms with Crippen molar-refractivity contribution < 1.29 is 4.79 Å². The number of hydrogen-bond donors (Lipinski definition) is 2. The fraction of sp³-hybridized carbons (Fsp3) is 0.154. The van der Waals surface area contributed by atoms with Gasteiger partial charge in [0.15, 0.2) is 0 Å². The molecule has 1 unspecified atom stereocenters. The lowest BCUT2D eigenvalue weighted by atomic mass is 10.2. The molecule has 2 heterocycles. The van der Waals surface area contributed by atoms with Gasteiger partial charge < -0.3 is 9.55 Å². The fourth-order valence-electron chi connectivity index (χ4n) is 1.97. The van der Waals surface area contributed by atoms with Gasteiger partial charge in [0.2, 0.25) is 11.9 Å². The molecule has 0 radical (unpaired) electrons. The lowest BCUT2D eigenvalue weighted by molar-refractivity contribution is -0.118. The Hall–Kier alpha value is -2.63. The van der Waals surface area contributed by atoms with E-state index in [0.29, 0.717) is 5.95 Å². The molecular weight excluding hydrogens is 242 g/mol. The van der Waals surface area contributed by atoms with E-state index in [1.165, 1.54) is 0 Å². The van der Waals surface area contributed by atoms with Gasteiger partial charge in [0.25, 0.3) is 0 Å². The first kappa shape index (κ1) is 11.5. The number of hydrogen-bond acceptors (Lipinski definition) is 3. The number of para-hydroxylation sites is 2. The van der Waals surface area contributed by atoms with Crippen LogP contribution in [0, 0.1) is 0 Å². The van der Waals surface area contributed by atoms with Crippen LogP contribution in [0.3, 0.4) is 0 Å². The zero-order valence-electron chi connectivity index (χ0n) is 10.4. The molecule has 0 aliphatic rings. The molecule has 0 saturated carbocycles. The maximum Gasteiger partial charge on any atom is 0.249 e. The monoisotopic (exact) mass is 255 g/mol. The van der Waals surface area contributed by atoms with Crippen molar-refractivity contribution in [1.82, 2.24) is 19.5 Å². The summed E-state index contributed by atoms with van der Waals surface area (Å²) in [5.74, 6) is 0.305. The minimum absolute atomic E-state index is 0.141. The summed E-state index contributed by atoms with van der Waals surface area (Å²) in [7, 11) is 0. The molecular formula is C13H13N5O. The number of H-pyrrole nitrogens is 1. The van der Waals surface area contributed by atoms with Gasteiger partial charge >= 0.3 is 0 Å². The third-order valence-corrected chi connectivity index (χ3v) is 3.02. The summed E-state index contributed by atoms with van der Waals surface area (Å²) >= 11 is 0. The Kier molecular flexibility index (Phi) is 2.75. The van der Waals surface area contributed by atoms with Crippen molar-refractivity contribution in [3.05, 3.63) is 43.0 Å². The van der Waals surface area contributed by atoms with Crippen molar-refractivity contribution in [2.45, 2.75) is 13.0 Å². The standard InChI is InChI=1S/C13H13N5O/c1-9(12(19)17-13-14-6-7-15-13)18-8-16-10-4-2-3-5-11(10)18/h2-9H,1H3,(H2,14,15,17,19). The number of imidazole rings is 2. The summed E-state index contributed by atoms with van der Waals surface area (Å²) < 4.78 is 1.84. The quantitative estimate of drug-likeness (QED) is 0.751. The van der Waals surface area contributed by atoms with Crippen molar-refractivity contribution in [2.24, 2.45) is 0 Å². The molecule has 1 atom stereocenters. The molecule has 3 aromatic rings. The van der Waals surface area contributed by atoms with Gasteiger partial charge in [-0.2, -0.15) is 0 Å². The molecule has 0 fully saturated rings. The molecule has 3 rings (SSSR count). The van der Waals surface area contributed by atoms with Gasteiger partial charge in [0.1, 0.15) is 6.04 Å². The van der Waals surface area contributed by atoms with E-state index in [9.17, 15) is 4.79 Å². The first-order valence-electron chi connectivity index (χ1n) is 5.97. The number of carbonyl (C=O) groups is 1. The Morgan fingerprint density at radius 3 is 3.00 bits per heavy atom. The number of nitrogens with one attached hydrogen (secondary N) is 2. The maximum atomic E-state index is 12.1. The molecule has 2 N–H and O–H groups in total. The first-order chi connectivity index (χ1) is 9.25. The fourth-order valence-corrected chi connectivity index (χ4v) is 1.97. The van der Waals surface area contributed by atoms with E-state index in [1.54, 1.807) is 18.7 Å². The number of fused-ring (bicyclic) bond motifs is 1. The molecule has 1 amide bonds. The van der Waals surface area contributed by atoms with Crippen LogP contribution in [0.1, 0.15) is 13.0 Å². The van der Waals surface area contributed by atoms with Gasteiger partial charge in [-0.15, -0.1) is 0 Å². The highest BCUT2D eigenvalue weighted by Gasteiger charge is 2.17. The topological polar surface area (TPSA) is 75.6 Å². The second-order valence-electron chi connectivity index (χ2n) is 4.24. The molecule has 0 saturated heterocycles. The van der Waals surface area contributed by atoms with E-state index in [2.05, 4.69) is 20.3 Å². The molecule has 6 nitrogen and oxygen atoms in total. The number of rotatable bonds is 3. The Morgan fingerprint density at radius 2 is 2.21 bits per heavy atom. The first-order valence-corrected chi connectivity index (χ1v) is 5.97. The van der Waals surface area contributed by atoms with E-state index < -0.39 is 0 Å². The third kappa shape index (κ3) is 2.08. The van der Waals surface area contributed by atoms with Crippen LogP contribution in [0.4, 0.5) is 5.95 Å². The Bertz CT molecular complexity index is 701. The predicted molar refractivity (Wildman–Crippen MR) is 71.7 cm³/mol. The summed E-state index contributed by atoms with van der Waals surface area (Å²) in [6.07, 6.45) is 4.93. The molecule has 0 aliphatic heterocycles. The van der Waals surface area contributed by atoms with E-state index in [-0.39, 0.29) is 11.9 Å². The van der Waals surface area contributed by atoms with Crippen LogP contribution in [0.25, 0.3) is 11.0 Å². The lowest BCUT2D eigenvalue weighted by Crippen LogP contribution is -2.23. The van der Waals surface area contributed by atoms with Crippen molar-refractivity contribution in [3.63, 3.8) is 0 Å². The van der Waals surface area contributed by atoms with Crippen LogP contribution in [0.15, 0.2) is 43.0 Å². The normalized spacial score (nSPS) is 12.5. The minimum Gasteiger partial charge on any atom is -0.331 e. The second-order valence-corrected chi connectivity index (χ2v) is 4.24. The number of aromatic nitrogens is 4. The van der Waals surface area contributed by atoms with Gasteiger partial charge in [-0.1, -0.05) is 12.1 Å². The van der Waals surface area contributed by atoms with Crippen LogP contribution < -0.4 is 5.32 Å². The third-order valence-electron chi connectivity index (χ3n) is 3.02. The maximum absolute atomic E-state index is 12.1. The Morgan fingerprint density at radius 1 is 1.37 bits per heavy atom. The number of anilines is 1. The summed E-state index contributed by atoms with van der Waals surface area (Å²) in [5.41, 5.74) is 1.81. The van der Waals surface area contributed by atoms with Crippen molar-refractivity contribution >= 4 is 22.9 Å². The number of aromatic amines is 1. The molecule has 0 spiro atoms. The van der Waals surface area contributed by atoms with Crippen LogP contribution in [-0.4, -0.2) is 25.4 Å². The Balaban J connectivity index is 1.87. The minimum atomic E-state index is -0.363. The molecule has 6 heteroatoms.